The summed E-state index contributed by atoms with van der Waals surface area (Å²) < 4.78 is 5.52. The Bertz CT molecular complexity index is 737. The molecule has 1 aromatic rings. The lowest BCUT2D eigenvalue weighted by molar-refractivity contribution is -0.138. The molecule has 0 aliphatic carbocycles. The smallest absolute Gasteiger partial charge is 0.271 e. The minimum atomic E-state index is -0.560. The third kappa shape index (κ3) is 3.32. The molecule has 2 rings (SSSR count). The second kappa shape index (κ2) is 6.93. The quantitative estimate of drug-likeness (QED) is 0.633. The van der Waals surface area contributed by atoms with Crippen molar-refractivity contribution in [2.45, 2.75) is 20.3 Å². The maximum absolute atomic E-state index is 12.3. The molecular weight excluding hydrogens is 292 g/mol. The van der Waals surface area contributed by atoms with Crippen molar-refractivity contribution in [1.82, 2.24) is 4.90 Å². The van der Waals surface area contributed by atoms with Gasteiger partial charge in [0.05, 0.1) is 6.61 Å². The molecule has 0 atom stereocenters. The fourth-order valence-corrected chi connectivity index (χ4v) is 2.24. The largest absolute Gasteiger partial charge is 0.494 e. The van der Waals surface area contributed by atoms with E-state index in [9.17, 15) is 9.59 Å². The lowest BCUT2D eigenvalue weighted by Crippen LogP contribution is -2.39. The minimum Gasteiger partial charge on any atom is -0.494 e. The molecule has 0 unspecified atom stereocenters. The number of amides is 2. The van der Waals surface area contributed by atoms with Crippen LogP contribution in [-0.4, -0.2) is 30.4 Å². The number of likely N-dealkylation sites (N-methyl/N-ethyl adjacent to an activating group) is 1. The first-order chi connectivity index (χ1) is 11.0. The summed E-state index contributed by atoms with van der Waals surface area (Å²) in [5.41, 5.74) is 1.57. The molecule has 5 nitrogen and oxygen atoms in total. The van der Waals surface area contributed by atoms with E-state index >= 15 is 0 Å². The highest BCUT2D eigenvalue weighted by molar-refractivity contribution is 6.19. The van der Waals surface area contributed by atoms with E-state index in [1.165, 1.54) is 7.05 Å². The Balaban J connectivity index is 2.37. The predicted molar refractivity (Wildman–Crippen MR) is 86.3 cm³/mol. The first-order valence-corrected chi connectivity index (χ1v) is 7.37. The molecule has 0 bridgehead atoms. The second-order valence-electron chi connectivity index (χ2n) is 5.26. The van der Waals surface area contributed by atoms with Crippen LogP contribution >= 0.6 is 0 Å². The van der Waals surface area contributed by atoms with Gasteiger partial charge in [0.25, 0.3) is 11.8 Å². The molecule has 0 saturated carbocycles. The predicted octanol–water partition coefficient (Wildman–Crippen LogP) is 2.70. The molecule has 0 radical (unpaired) electrons. The molecule has 1 heterocycles. The molecule has 23 heavy (non-hydrogen) atoms. The number of carbonyl (C=O) groups is 2. The summed E-state index contributed by atoms with van der Waals surface area (Å²) in [7, 11) is 1.38. The molecule has 1 aromatic carbocycles. The zero-order valence-corrected chi connectivity index (χ0v) is 13.4. The Kier molecular flexibility index (Phi) is 4.97. The standard InChI is InChI=1S/C18H18N2O3/c1-4-9-23-14-7-5-13(6-8-14)10-15-12(2)16(11-19)18(22)20(3)17(15)21/h5-8,10H,4,9H2,1-3H3/b15-10+. The summed E-state index contributed by atoms with van der Waals surface area (Å²) >= 11 is 0. The minimum absolute atomic E-state index is 0.00116. The van der Waals surface area contributed by atoms with Gasteiger partial charge < -0.3 is 4.74 Å². The zero-order valence-electron chi connectivity index (χ0n) is 13.4. The lowest BCUT2D eigenvalue weighted by atomic mass is 9.94. The van der Waals surface area contributed by atoms with Gasteiger partial charge in [-0.3, -0.25) is 14.5 Å². The SMILES string of the molecule is CCCOc1ccc(/C=C2/C(=O)N(C)C(=O)C(C#N)=C2C)cc1. The van der Waals surface area contributed by atoms with Gasteiger partial charge in [0.1, 0.15) is 17.4 Å². The number of benzene rings is 1. The van der Waals surface area contributed by atoms with Gasteiger partial charge in [0, 0.05) is 12.6 Å². The van der Waals surface area contributed by atoms with Crippen molar-refractivity contribution >= 4 is 17.9 Å². The van der Waals surface area contributed by atoms with E-state index in [-0.39, 0.29) is 5.57 Å². The van der Waals surface area contributed by atoms with Crippen molar-refractivity contribution in [1.29, 1.82) is 5.26 Å². The Labute approximate surface area is 135 Å². The molecule has 0 N–H and O–H groups in total. The van der Waals surface area contributed by atoms with Gasteiger partial charge >= 0.3 is 0 Å². The summed E-state index contributed by atoms with van der Waals surface area (Å²) in [5.74, 6) is -0.200. The number of hydrogen-bond acceptors (Lipinski definition) is 4. The first-order valence-electron chi connectivity index (χ1n) is 7.37. The van der Waals surface area contributed by atoms with Crippen molar-refractivity contribution in [3.05, 3.63) is 46.5 Å². The number of imide groups is 1. The van der Waals surface area contributed by atoms with Crippen LogP contribution in [0.4, 0.5) is 0 Å². The summed E-state index contributed by atoms with van der Waals surface area (Å²) in [5, 5.41) is 9.13. The van der Waals surface area contributed by atoms with Crippen molar-refractivity contribution in [2.24, 2.45) is 0 Å². The summed E-state index contributed by atoms with van der Waals surface area (Å²) in [4.78, 5) is 25.2. The highest BCUT2D eigenvalue weighted by Crippen LogP contribution is 2.26. The van der Waals surface area contributed by atoms with Crippen molar-refractivity contribution in [3.63, 3.8) is 0 Å². The third-order valence-corrected chi connectivity index (χ3v) is 3.61. The van der Waals surface area contributed by atoms with E-state index in [1.54, 1.807) is 13.0 Å². The van der Waals surface area contributed by atoms with Crippen LogP contribution in [0.3, 0.4) is 0 Å². The Morgan fingerprint density at radius 3 is 2.43 bits per heavy atom. The summed E-state index contributed by atoms with van der Waals surface area (Å²) in [6, 6.07) is 9.20. The second-order valence-corrected chi connectivity index (χ2v) is 5.26. The fraction of sp³-hybridized carbons (Fsp3) is 0.278. The van der Waals surface area contributed by atoms with Crippen LogP contribution in [0.1, 0.15) is 25.8 Å². The van der Waals surface area contributed by atoms with Gasteiger partial charge in [-0.25, -0.2) is 0 Å². The van der Waals surface area contributed by atoms with Crippen LogP contribution in [0.25, 0.3) is 6.08 Å². The van der Waals surface area contributed by atoms with Crippen molar-refractivity contribution < 1.29 is 14.3 Å². The van der Waals surface area contributed by atoms with E-state index in [0.29, 0.717) is 17.8 Å². The number of nitrogens with zero attached hydrogens (tertiary/aromatic N) is 2. The third-order valence-electron chi connectivity index (χ3n) is 3.61. The van der Waals surface area contributed by atoms with Crippen LogP contribution in [0.2, 0.25) is 0 Å². The highest BCUT2D eigenvalue weighted by Gasteiger charge is 2.32. The maximum atomic E-state index is 12.3. The topological polar surface area (TPSA) is 70.4 Å². The van der Waals surface area contributed by atoms with Crippen LogP contribution in [0.5, 0.6) is 5.75 Å². The van der Waals surface area contributed by atoms with Gasteiger partial charge in [-0.2, -0.15) is 5.26 Å². The summed E-state index contributed by atoms with van der Waals surface area (Å²) in [6.07, 6.45) is 2.61. The van der Waals surface area contributed by atoms with E-state index in [4.69, 9.17) is 10.00 Å². The molecule has 1 aliphatic rings. The van der Waals surface area contributed by atoms with Crippen LogP contribution in [-0.2, 0) is 9.59 Å². The molecule has 5 heteroatoms. The molecule has 118 valence electrons. The first kappa shape index (κ1) is 16.5. The van der Waals surface area contributed by atoms with Crippen molar-refractivity contribution in [3.8, 4) is 11.8 Å². The van der Waals surface area contributed by atoms with Crippen LogP contribution in [0.15, 0.2) is 41.0 Å². The van der Waals surface area contributed by atoms with Crippen LogP contribution < -0.4 is 4.74 Å². The Morgan fingerprint density at radius 2 is 1.87 bits per heavy atom. The van der Waals surface area contributed by atoms with Gasteiger partial charge in [0.2, 0.25) is 0 Å². The Morgan fingerprint density at radius 1 is 1.22 bits per heavy atom. The van der Waals surface area contributed by atoms with E-state index in [2.05, 4.69) is 0 Å². The van der Waals surface area contributed by atoms with E-state index in [0.717, 1.165) is 22.6 Å². The number of ether oxygens (including phenoxy) is 1. The average molecular weight is 310 g/mol. The maximum Gasteiger partial charge on any atom is 0.271 e. The number of nitriles is 1. The number of rotatable bonds is 4. The molecule has 0 fully saturated rings. The lowest BCUT2D eigenvalue weighted by Gasteiger charge is -2.23. The van der Waals surface area contributed by atoms with Gasteiger partial charge in [-0.15, -0.1) is 0 Å². The van der Waals surface area contributed by atoms with E-state index < -0.39 is 11.8 Å². The monoisotopic (exact) mass is 310 g/mol. The van der Waals surface area contributed by atoms with E-state index in [1.807, 2.05) is 37.3 Å². The highest BCUT2D eigenvalue weighted by atomic mass is 16.5. The van der Waals surface area contributed by atoms with Crippen molar-refractivity contribution in [2.75, 3.05) is 13.7 Å². The average Bonchev–Trinajstić information content (AvgIpc) is 2.56. The molecular formula is C18H18N2O3. The number of hydrogen-bond donors (Lipinski definition) is 0. The van der Waals surface area contributed by atoms with Gasteiger partial charge in [-0.1, -0.05) is 19.1 Å². The van der Waals surface area contributed by atoms with Gasteiger partial charge in [0.15, 0.2) is 0 Å². The molecule has 1 aliphatic heterocycles. The molecule has 0 aromatic heterocycles. The fourth-order valence-electron chi connectivity index (χ4n) is 2.24. The van der Waals surface area contributed by atoms with Gasteiger partial charge in [-0.05, 0) is 42.7 Å². The van der Waals surface area contributed by atoms with Crippen LogP contribution in [0, 0.1) is 11.3 Å². The Hall–Kier alpha value is -2.87. The number of carbonyl (C=O) groups excluding carboxylic acids is 2. The zero-order chi connectivity index (χ0) is 17.0. The molecule has 0 saturated heterocycles. The summed E-state index contributed by atoms with van der Waals surface area (Å²) in [6.45, 7) is 4.30. The molecule has 0 spiro atoms. The molecule has 2 amide bonds. The normalized spacial score (nSPS) is 16.8.